The zero-order valence-electron chi connectivity index (χ0n) is 31.5. The highest BCUT2D eigenvalue weighted by molar-refractivity contribution is 5.28. The Hall–Kier alpha value is -0.820. The van der Waals surface area contributed by atoms with E-state index in [9.17, 15) is 40.9 Å². The monoisotopic (exact) mass is 754 g/mol. The molecule has 53 heavy (non-hydrogen) atoms. The number of allylic oxidation sites excluding steroid dienone is 1. The minimum absolute atomic E-state index is 0.0582. The van der Waals surface area contributed by atoms with Crippen LogP contribution in [-0.4, -0.2) is 146 Å². The van der Waals surface area contributed by atoms with Crippen LogP contribution in [0.1, 0.15) is 79.6 Å². The highest BCUT2D eigenvalue weighted by Gasteiger charge is 2.70. The van der Waals surface area contributed by atoms with Gasteiger partial charge < -0.3 is 69.3 Å². The zero-order chi connectivity index (χ0) is 37.9. The maximum absolute atomic E-state index is 12.1. The van der Waals surface area contributed by atoms with Crippen molar-refractivity contribution >= 4 is 0 Å². The Kier molecular flexibility index (Phi) is 10.3. The van der Waals surface area contributed by atoms with Crippen molar-refractivity contribution in [2.24, 2.45) is 46.3 Å². The van der Waals surface area contributed by atoms with E-state index in [1.165, 1.54) is 6.92 Å². The lowest BCUT2D eigenvalue weighted by Gasteiger charge is -2.60. The molecule has 14 nitrogen and oxygen atoms in total. The number of hydrogen-bond donors (Lipinski definition) is 8. The lowest BCUT2D eigenvalue weighted by atomic mass is 9.46. The maximum atomic E-state index is 12.1. The van der Waals surface area contributed by atoms with Crippen LogP contribution in [0.15, 0.2) is 11.6 Å². The summed E-state index contributed by atoms with van der Waals surface area (Å²) in [6.07, 6.45) is -8.30. The normalized spacial score (nSPS) is 59.5. The van der Waals surface area contributed by atoms with Gasteiger partial charge in [0, 0.05) is 30.1 Å². The van der Waals surface area contributed by atoms with Crippen molar-refractivity contribution in [3.8, 4) is 0 Å². The lowest BCUT2D eigenvalue weighted by molar-refractivity contribution is -0.370. The van der Waals surface area contributed by atoms with Crippen molar-refractivity contribution in [3.05, 3.63) is 11.6 Å². The van der Waals surface area contributed by atoms with Gasteiger partial charge in [0.25, 0.3) is 0 Å². The highest BCUT2D eigenvalue weighted by Crippen LogP contribution is 2.70. The van der Waals surface area contributed by atoms with Crippen molar-refractivity contribution in [1.29, 1.82) is 0 Å². The number of aliphatic hydroxyl groups excluding tert-OH is 8. The fourth-order valence-electron chi connectivity index (χ4n) is 12.6. The average Bonchev–Trinajstić information content (AvgIpc) is 3.56. The molecule has 1 spiro atoms. The first-order valence-electron chi connectivity index (χ1n) is 20.0. The minimum atomic E-state index is -1.66. The molecule has 0 radical (unpaired) electrons. The van der Waals surface area contributed by atoms with E-state index in [-0.39, 0.29) is 35.7 Å². The second-order valence-electron chi connectivity index (χ2n) is 18.4. The molecule has 302 valence electrons. The number of hydrogen-bond acceptors (Lipinski definition) is 14. The van der Waals surface area contributed by atoms with Crippen molar-refractivity contribution in [3.63, 3.8) is 0 Å². The third-order valence-corrected chi connectivity index (χ3v) is 15.8. The zero-order valence-corrected chi connectivity index (χ0v) is 31.5. The highest BCUT2D eigenvalue weighted by atomic mass is 16.8. The largest absolute Gasteiger partial charge is 0.394 e. The molecule has 3 saturated carbocycles. The first-order valence-corrected chi connectivity index (χ1v) is 20.0. The number of aliphatic hydroxyl groups is 8. The van der Waals surface area contributed by atoms with Gasteiger partial charge in [0.2, 0.25) is 0 Å². The van der Waals surface area contributed by atoms with Gasteiger partial charge in [-0.05, 0) is 68.1 Å². The van der Waals surface area contributed by atoms with Crippen molar-refractivity contribution in [1.82, 2.24) is 0 Å². The molecule has 0 bridgehead atoms. The van der Waals surface area contributed by atoms with Crippen molar-refractivity contribution in [2.75, 3.05) is 13.2 Å². The molecule has 0 amide bonds. The molecule has 4 heterocycles. The Morgan fingerprint density at radius 3 is 2.32 bits per heavy atom. The molecule has 8 N–H and O–H groups in total. The Bertz CT molecular complexity index is 1380. The maximum Gasteiger partial charge on any atom is 0.187 e. The summed E-state index contributed by atoms with van der Waals surface area (Å²) < 4.78 is 37.2. The quantitative estimate of drug-likeness (QED) is 0.178. The molecular formula is C39H62O14. The molecular weight excluding hydrogens is 692 g/mol. The van der Waals surface area contributed by atoms with Crippen LogP contribution >= 0.6 is 0 Å². The van der Waals surface area contributed by atoms with Crippen LogP contribution in [0, 0.1) is 46.3 Å². The van der Waals surface area contributed by atoms with E-state index in [1.807, 2.05) is 6.92 Å². The summed E-state index contributed by atoms with van der Waals surface area (Å²) in [5, 5.41) is 85.8. The van der Waals surface area contributed by atoms with E-state index < -0.39 is 97.5 Å². The van der Waals surface area contributed by atoms with Gasteiger partial charge >= 0.3 is 0 Å². The van der Waals surface area contributed by atoms with Crippen LogP contribution in [0.5, 0.6) is 0 Å². The van der Waals surface area contributed by atoms with Crippen LogP contribution in [0.25, 0.3) is 0 Å². The standard InChI is InChI=1S/C39H62O14/c1-16-15-48-39(13-24(16)41)17(2)28-25(53-39)12-23-21-7-6-19-10-20(11-27(42)38(19,5)22(21)8-9-37(23,28)4)50-36-34(32(46)30(44)26(14-40)51-36)52-35-33(47)31(45)29(43)18(3)49-35/h6,16-18,20-36,40-47H,7-15H2,1-5H3. The van der Waals surface area contributed by atoms with Gasteiger partial charge in [-0.25, -0.2) is 0 Å². The minimum Gasteiger partial charge on any atom is -0.394 e. The van der Waals surface area contributed by atoms with Crippen LogP contribution in [0.2, 0.25) is 0 Å². The summed E-state index contributed by atoms with van der Waals surface area (Å²) >= 11 is 0. The Labute approximate surface area is 311 Å². The summed E-state index contributed by atoms with van der Waals surface area (Å²) in [5.74, 6) is 0.931. The summed E-state index contributed by atoms with van der Waals surface area (Å²) in [6.45, 7) is 10.3. The first kappa shape index (κ1) is 39.0. The number of ether oxygens (including phenoxy) is 6. The molecule has 0 aromatic carbocycles. The van der Waals surface area contributed by atoms with Gasteiger partial charge in [0.05, 0.1) is 43.7 Å². The Morgan fingerprint density at radius 1 is 0.849 bits per heavy atom. The molecule has 14 heteroatoms. The third kappa shape index (κ3) is 5.95. The molecule has 23 atom stereocenters. The van der Waals surface area contributed by atoms with Gasteiger partial charge in [-0.15, -0.1) is 0 Å². The SMILES string of the molecule is CC1COC2(CC1O)OC1CC3C4CC=C5CC(OC6OC(CO)C(O)C(O)C6OC6OC(C)C(O)C(O)C6O)CC(O)C5(C)C4CCC3(C)C1C2C. The van der Waals surface area contributed by atoms with Gasteiger partial charge in [0.1, 0.15) is 42.7 Å². The fraction of sp³-hybridized carbons (Fsp3) is 0.949. The second kappa shape index (κ2) is 13.9. The van der Waals surface area contributed by atoms with Crippen LogP contribution in [-0.2, 0) is 28.4 Å². The summed E-state index contributed by atoms with van der Waals surface area (Å²) in [7, 11) is 0. The second-order valence-corrected chi connectivity index (χ2v) is 18.4. The molecule has 4 saturated heterocycles. The first-order chi connectivity index (χ1) is 25.0. The van der Waals surface area contributed by atoms with Gasteiger partial charge in [-0.3, -0.25) is 0 Å². The summed E-state index contributed by atoms with van der Waals surface area (Å²) in [4.78, 5) is 0. The molecule has 4 aliphatic carbocycles. The molecule has 8 rings (SSSR count). The van der Waals surface area contributed by atoms with Crippen LogP contribution in [0.4, 0.5) is 0 Å². The molecule has 23 unspecified atom stereocenters. The van der Waals surface area contributed by atoms with E-state index in [0.717, 1.165) is 31.3 Å². The van der Waals surface area contributed by atoms with Gasteiger partial charge in [-0.2, -0.15) is 0 Å². The molecule has 0 aromatic rings. The Morgan fingerprint density at radius 2 is 1.60 bits per heavy atom. The fourth-order valence-corrected chi connectivity index (χ4v) is 12.6. The van der Waals surface area contributed by atoms with E-state index in [4.69, 9.17) is 28.4 Å². The van der Waals surface area contributed by atoms with Crippen molar-refractivity contribution < 1.29 is 69.3 Å². The molecule has 8 aliphatic rings. The predicted octanol–water partition coefficient (Wildman–Crippen LogP) is 0.332. The van der Waals surface area contributed by atoms with Crippen LogP contribution < -0.4 is 0 Å². The lowest BCUT2D eigenvalue weighted by Crippen LogP contribution is -2.64. The Balaban J connectivity index is 0.985. The van der Waals surface area contributed by atoms with E-state index >= 15 is 0 Å². The average molecular weight is 755 g/mol. The molecule has 4 aliphatic heterocycles. The third-order valence-electron chi connectivity index (χ3n) is 15.8. The van der Waals surface area contributed by atoms with Gasteiger partial charge in [-0.1, -0.05) is 39.3 Å². The van der Waals surface area contributed by atoms with E-state index in [0.29, 0.717) is 37.2 Å². The van der Waals surface area contributed by atoms with E-state index in [2.05, 4.69) is 26.8 Å². The van der Waals surface area contributed by atoms with Gasteiger partial charge in [0.15, 0.2) is 18.4 Å². The smallest absolute Gasteiger partial charge is 0.187 e. The number of rotatable bonds is 5. The summed E-state index contributed by atoms with van der Waals surface area (Å²) in [6, 6.07) is 0. The predicted molar refractivity (Wildman–Crippen MR) is 184 cm³/mol. The van der Waals surface area contributed by atoms with E-state index in [1.54, 1.807) is 0 Å². The topological polar surface area (TPSA) is 217 Å². The molecule has 0 aromatic heterocycles. The summed E-state index contributed by atoms with van der Waals surface area (Å²) in [5.41, 5.74) is 0.709. The number of fused-ring (bicyclic) bond motifs is 7. The molecule has 7 fully saturated rings. The van der Waals surface area contributed by atoms with Crippen molar-refractivity contribution in [2.45, 2.75) is 171 Å². The van der Waals surface area contributed by atoms with Crippen LogP contribution in [0.3, 0.4) is 0 Å².